The molecule has 0 radical (unpaired) electrons. The van der Waals surface area contributed by atoms with Crippen LogP contribution in [0.25, 0.3) is 0 Å². The Morgan fingerprint density at radius 1 is 1.21 bits per heavy atom. The fourth-order valence-electron chi connectivity index (χ4n) is 2.39. The smallest absolute Gasteiger partial charge is 0.257 e. The van der Waals surface area contributed by atoms with Gasteiger partial charge in [-0.05, 0) is 55.9 Å². The van der Waals surface area contributed by atoms with Gasteiger partial charge in [0, 0.05) is 5.56 Å². The van der Waals surface area contributed by atoms with E-state index in [0.29, 0.717) is 10.7 Å². The van der Waals surface area contributed by atoms with E-state index in [1.807, 2.05) is 19.1 Å². The molecule has 1 heterocycles. The van der Waals surface area contributed by atoms with Crippen molar-refractivity contribution >= 4 is 22.4 Å². The van der Waals surface area contributed by atoms with E-state index in [4.69, 9.17) is 0 Å². The van der Waals surface area contributed by atoms with Crippen LogP contribution in [0.4, 0.5) is 5.13 Å². The van der Waals surface area contributed by atoms with Gasteiger partial charge in [0.05, 0.1) is 0 Å². The number of nitrogens with zero attached hydrogens (tertiary/aromatic N) is 2. The van der Waals surface area contributed by atoms with Crippen LogP contribution < -0.4 is 5.32 Å². The topological polar surface area (TPSA) is 54.9 Å². The molecule has 4 nitrogen and oxygen atoms in total. The zero-order chi connectivity index (χ0) is 13.2. The molecule has 3 rings (SSSR count). The van der Waals surface area contributed by atoms with Crippen LogP contribution in [0, 0.1) is 6.92 Å². The van der Waals surface area contributed by atoms with Crippen LogP contribution in [0.15, 0.2) is 18.2 Å². The molecule has 0 unspecified atom stereocenters. The van der Waals surface area contributed by atoms with Crippen LogP contribution >= 0.6 is 11.3 Å². The van der Waals surface area contributed by atoms with Crippen LogP contribution in [0.1, 0.15) is 39.3 Å². The van der Waals surface area contributed by atoms with E-state index in [0.717, 1.165) is 17.8 Å². The first-order valence-corrected chi connectivity index (χ1v) is 7.27. The molecule has 0 fully saturated rings. The van der Waals surface area contributed by atoms with Crippen molar-refractivity contribution in [2.24, 2.45) is 0 Å². The zero-order valence-corrected chi connectivity index (χ0v) is 11.6. The van der Waals surface area contributed by atoms with Crippen LogP contribution in [0.3, 0.4) is 0 Å². The third kappa shape index (κ3) is 2.66. The lowest BCUT2D eigenvalue weighted by molar-refractivity contribution is 0.102. The molecule has 0 saturated carbocycles. The largest absolute Gasteiger partial charge is 0.296 e. The van der Waals surface area contributed by atoms with Gasteiger partial charge in [-0.1, -0.05) is 17.4 Å². The van der Waals surface area contributed by atoms with Gasteiger partial charge < -0.3 is 0 Å². The summed E-state index contributed by atoms with van der Waals surface area (Å²) in [5, 5.41) is 12.0. The van der Waals surface area contributed by atoms with Crippen LogP contribution in [-0.2, 0) is 12.8 Å². The minimum Gasteiger partial charge on any atom is -0.296 e. The number of aromatic nitrogens is 2. The summed E-state index contributed by atoms with van der Waals surface area (Å²) in [7, 11) is 0. The standard InChI is InChI=1S/C14H15N3OS/c1-9-16-17-14(19-9)15-13(18)12-7-6-10-4-2-3-5-11(10)8-12/h6-8H,2-5H2,1H3,(H,15,17,18). The quantitative estimate of drug-likeness (QED) is 0.915. The van der Waals surface area contributed by atoms with Gasteiger partial charge in [-0.25, -0.2) is 0 Å². The molecule has 0 saturated heterocycles. The van der Waals surface area contributed by atoms with Crippen molar-refractivity contribution in [1.29, 1.82) is 0 Å². The number of carbonyl (C=O) groups is 1. The lowest BCUT2D eigenvalue weighted by Gasteiger charge is -2.16. The predicted molar refractivity (Wildman–Crippen MR) is 75.7 cm³/mol. The summed E-state index contributed by atoms with van der Waals surface area (Å²) in [5.41, 5.74) is 3.40. The van der Waals surface area contributed by atoms with E-state index in [2.05, 4.69) is 21.6 Å². The van der Waals surface area contributed by atoms with Gasteiger partial charge >= 0.3 is 0 Å². The summed E-state index contributed by atoms with van der Waals surface area (Å²) in [6.45, 7) is 1.87. The second-order valence-electron chi connectivity index (χ2n) is 4.77. The van der Waals surface area contributed by atoms with Crippen LogP contribution in [0.2, 0.25) is 0 Å². The second kappa shape index (κ2) is 5.09. The van der Waals surface area contributed by atoms with Gasteiger partial charge in [-0.3, -0.25) is 10.1 Å². The number of aryl methyl sites for hydroxylation is 3. The van der Waals surface area contributed by atoms with E-state index in [9.17, 15) is 4.79 Å². The van der Waals surface area contributed by atoms with Gasteiger partial charge in [-0.15, -0.1) is 10.2 Å². The first-order chi connectivity index (χ1) is 9.22. The predicted octanol–water partition coefficient (Wildman–Crippen LogP) is 2.98. The molecule has 1 aromatic heterocycles. The highest BCUT2D eigenvalue weighted by molar-refractivity contribution is 7.15. The van der Waals surface area contributed by atoms with Gasteiger partial charge in [0.2, 0.25) is 5.13 Å². The first-order valence-electron chi connectivity index (χ1n) is 6.45. The highest BCUT2D eigenvalue weighted by Crippen LogP contribution is 2.23. The Labute approximate surface area is 115 Å². The number of hydrogen-bond acceptors (Lipinski definition) is 4. The van der Waals surface area contributed by atoms with Crippen molar-refractivity contribution in [1.82, 2.24) is 10.2 Å². The maximum absolute atomic E-state index is 12.1. The van der Waals surface area contributed by atoms with E-state index >= 15 is 0 Å². The molecule has 5 heteroatoms. The Morgan fingerprint density at radius 3 is 2.74 bits per heavy atom. The highest BCUT2D eigenvalue weighted by Gasteiger charge is 2.14. The first kappa shape index (κ1) is 12.3. The number of fused-ring (bicyclic) bond motifs is 1. The molecular formula is C14H15N3OS. The minimum atomic E-state index is -0.107. The number of amides is 1. The second-order valence-corrected chi connectivity index (χ2v) is 5.95. The summed E-state index contributed by atoms with van der Waals surface area (Å²) in [4.78, 5) is 12.1. The monoisotopic (exact) mass is 273 g/mol. The molecule has 0 aliphatic heterocycles. The molecular weight excluding hydrogens is 258 g/mol. The molecule has 1 aliphatic carbocycles. The summed E-state index contributed by atoms with van der Waals surface area (Å²) < 4.78 is 0. The van der Waals surface area contributed by atoms with Crippen molar-refractivity contribution in [3.05, 3.63) is 39.9 Å². The van der Waals surface area contributed by atoms with E-state index in [1.54, 1.807) is 0 Å². The fraction of sp³-hybridized carbons (Fsp3) is 0.357. The Balaban J connectivity index is 1.80. The molecule has 0 bridgehead atoms. The number of rotatable bonds is 2. The Morgan fingerprint density at radius 2 is 2.00 bits per heavy atom. The summed E-state index contributed by atoms with van der Waals surface area (Å²) >= 11 is 1.39. The molecule has 2 aromatic rings. The number of anilines is 1. The Kier molecular flexibility index (Phi) is 3.29. The normalized spacial score (nSPS) is 13.9. The lowest BCUT2D eigenvalue weighted by Crippen LogP contribution is -2.13. The molecule has 0 atom stereocenters. The maximum atomic E-state index is 12.1. The molecule has 98 valence electrons. The molecule has 19 heavy (non-hydrogen) atoms. The maximum Gasteiger partial charge on any atom is 0.257 e. The minimum absolute atomic E-state index is 0.107. The third-order valence-electron chi connectivity index (χ3n) is 3.36. The van der Waals surface area contributed by atoms with Crippen molar-refractivity contribution in [2.75, 3.05) is 5.32 Å². The molecule has 1 N–H and O–H groups in total. The average Bonchev–Trinajstić information content (AvgIpc) is 2.83. The summed E-state index contributed by atoms with van der Waals surface area (Å²) in [5.74, 6) is -0.107. The van der Waals surface area contributed by atoms with E-state index in [-0.39, 0.29) is 5.91 Å². The van der Waals surface area contributed by atoms with Crippen molar-refractivity contribution in [3.8, 4) is 0 Å². The number of nitrogens with one attached hydrogen (secondary N) is 1. The fourth-order valence-corrected chi connectivity index (χ4v) is 2.98. The van der Waals surface area contributed by atoms with Gasteiger partial charge in [0.25, 0.3) is 5.91 Å². The molecule has 1 aromatic carbocycles. The van der Waals surface area contributed by atoms with Crippen molar-refractivity contribution in [3.63, 3.8) is 0 Å². The third-order valence-corrected chi connectivity index (χ3v) is 4.11. The van der Waals surface area contributed by atoms with Crippen LogP contribution in [-0.4, -0.2) is 16.1 Å². The average molecular weight is 273 g/mol. The van der Waals surface area contributed by atoms with Crippen molar-refractivity contribution in [2.45, 2.75) is 32.6 Å². The Bertz CT molecular complexity index is 621. The molecule has 1 aliphatic rings. The number of benzene rings is 1. The number of carbonyl (C=O) groups excluding carboxylic acids is 1. The van der Waals surface area contributed by atoms with E-state index < -0.39 is 0 Å². The summed E-state index contributed by atoms with van der Waals surface area (Å²) in [6.07, 6.45) is 4.68. The van der Waals surface area contributed by atoms with Crippen molar-refractivity contribution < 1.29 is 4.79 Å². The lowest BCUT2D eigenvalue weighted by atomic mass is 9.90. The van der Waals surface area contributed by atoms with E-state index in [1.165, 1.54) is 35.3 Å². The highest BCUT2D eigenvalue weighted by atomic mass is 32.1. The van der Waals surface area contributed by atoms with Gasteiger partial charge in [0.1, 0.15) is 5.01 Å². The Hall–Kier alpha value is -1.75. The number of hydrogen-bond donors (Lipinski definition) is 1. The van der Waals surface area contributed by atoms with Gasteiger partial charge in [-0.2, -0.15) is 0 Å². The zero-order valence-electron chi connectivity index (χ0n) is 10.8. The van der Waals surface area contributed by atoms with Gasteiger partial charge in [0.15, 0.2) is 0 Å². The SMILES string of the molecule is Cc1nnc(NC(=O)c2ccc3c(c2)CCCC3)s1. The molecule has 1 amide bonds. The summed E-state index contributed by atoms with van der Waals surface area (Å²) in [6, 6.07) is 5.99. The van der Waals surface area contributed by atoms with Crippen LogP contribution in [0.5, 0.6) is 0 Å². The molecule has 0 spiro atoms.